The van der Waals surface area contributed by atoms with Crippen molar-refractivity contribution in [1.29, 1.82) is 0 Å². The van der Waals surface area contributed by atoms with Crippen molar-refractivity contribution in [3.05, 3.63) is 23.5 Å². The number of aromatic amines is 1. The maximum Gasteiger partial charge on any atom is 0.317 e. The maximum atomic E-state index is 10.9. The number of esters is 1. The quantitative estimate of drug-likeness (QED) is 0.457. The van der Waals surface area contributed by atoms with Crippen LogP contribution in [0.15, 0.2) is 12.3 Å². The molecule has 0 saturated carbocycles. The summed E-state index contributed by atoms with van der Waals surface area (Å²) in [7, 11) is 0. The zero-order valence-corrected chi connectivity index (χ0v) is 8.37. The Hall–Kier alpha value is -2.02. The molecule has 1 heterocycles. The first-order valence-corrected chi connectivity index (χ1v) is 4.54. The summed E-state index contributed by atoms with van der Waals surface area (Å²) < 4.78 is 4.70. The predicted octanol–water partition coefficient (Wildman–Crippen LogP) is 1.13. The van der Waals surface area contributed by atoms with Crippen LogP contribution in [0.3, 0.4) is 0 Å². The summed E-state index contributed by atoms with van der Waals surface area (Å²) in [6.45, 7) is 2.10. The zero-order valence-electron chi connectivity index (χ0n) is 8.37. The molecule has 0 amide bonds. The normalized spacial score (nSPS) is 8.87. The lowest BCUT2D eigenvalue weighted by Gasteiger charge is -1.94. The number of hydrogen-bond acceptors (Lipinski definition) is 3. The number of carbonyl (C=O) groups excluding carboxylic acids is 2. The van der Waals surface area contributed by atoms with Gasteiger partial charge in [0, 0.05) is 11.8 Å². The fourth-order valence-corrected chi connectivity index (χ4v) is 0.983. The summed E-state index contributed by atoms with van der Waals surface area (Å²) in [5.74, 6) is 5.07. The van der Waals surface area contributed by atoms with Crippen LogP contribution < -0.4 is 0 Å². The second-order valence-corrected chi connectivity index (χ2v) is 2.75. The van der Waals surface area contributed by atoms with Crippen LogP contribution in [-0.2, 0) is 9.53 Å². The molecular formula is C11H11NO3. The van der Waals surface area contributed by atoms with Crippen LogP contribution in [0.5, 0.6) is 0 Å². The number of aromatic nitrogens is 1. The SMILES string of the molecule is CCOC(=O)CC#Cc1c[nH]c(C=O)c1. The summed E-state index contributed by atoms with van der Waals surface area (Å²) in [4.78, 5) is 24.0. The molecule has 78 valence electrons. The Morgan fingerprint density at radius 2 is 2.47 bits per heavy atom. The average Bonchev–Trinajstić information content (AvgIpc) is 2.66. The first kappa shape index (κ1) is 11.1. The van der Waals surface area contributed by atoms with E-state index in [1.807, 2.05) is 0 Å². The highest BCUT2D eigenvalue weighted by Crippen LogP contribution is 1.98. The zero-order chi connectivity index (χ0) is 11.1. The Morgan fingerprint density at radius 1 is 1.67 bits per heavy atom. The number of ether oxygens (including phenoxy) is 1. The van der Waals surface area contributed by atoms with Crippen LogP contribution in [0.4, 0.5) is 0 Å². The second-order valence-electron chi connectivity index (χ2n) is 2.75. The highest BCUT2D eigenvalue weighted by atomic mass is 16.5. The van der Waals surface area contributed by atoms with Crippen molar-refractivity contribution >= 4 is 12.3 Å². The van der Waals surface area contributed by atoms with Gasteiger partial charge < -0.3 is 9.72 Å². The molecular weight excluding hydrogens is 194 g/mol. The molecule has 0 aliphatic rings. The van der Waals surface area contributed by atoms with Crippen LogP contribution in [0.25, 0.3) is 0 Å². The van der Waals surface area contributed by atoms with Crippen molar-refractivity contribution in [2.75, 3.05) is 6.61 Å². The van der Waals surface area contributed by atoms with Crippen molar-refractivity contribution in [3.8, 4) is 11.8 Å². The Morgan fingerprint density at radius 3 is 3.07 bits per heavy atom. The van der Waals surface area contributed by atoms with Crippen LogP contribution in [0.2, 0.25) is 0 Å². The number of nitrogens with one attached hydrogen (secondary N) is 1. The molecule has 1 aromatic rings. The van der Waals surface area contributed by atoms with Crippen LogP contribution >= 0.6 is 0 Å². The van der Waals surface area contributed by atoms with Crippen LogP contribution in [0, 0.1) is 11.8 Å². The number of carbonyl (C=O) groups is 2. The van der Waals surface area contributed by atoms with Crippen molar-refractivity contribution in [3.63, 3.8) is 0 Å². The van der Waals surface area contributed by atoms with Gasteiger partial charge in [-0.3, -0.25) is 9.59 Å². The van der Waals surface area contributed by atoms with E-state index in [1.165, 1.54) is 0 Å². The number of aldehydes is 1. The van der Waals surface area contributed by atoms with Crippen molar-refractivity contribution in [1.82, 2.24) is 4.98 Å². The number of hydrogen-bond donors (Lipinski definition) is 1. The minimum Gasteiger partial charge on any atom is -0.465 e. The number of rotatable bonds is 3. The van der Waals surface area contributed by atoms with E-state index in [-0.39, 0.29) is 12.4 Å². The molecule has 4 heteroatoms. The molecule has 1 rings (SSSR count). The van der Waals surface area contributed by atoms with Crippen LogP contribution in [-0.4, -0.2) is 23.8 Å². The summed E-state index contributed by atoms with van der Waals surface area (Å²) in [5, 5.41) is 0. The minimum absolute atomic E-state index is 0.0649. The smallest absolute Gasteiger partial charge is 0.317 e. The van der Waals surface area contributed by atoms with E-state index < -0.39 is 0 Å². The predicted molar refractivity (Wildman–Crippen MR) is 54.3 cm³/mol. The molecule has 0 aliphatic heterocycles. The molecule has 0 bridgehead atoms. The highest BCUT2D eigenvalue weighted by molar-refractivity contribution is 5.74. The van der Waals surface area contributed by atoms with Gasteiger partial charge in [-0.15, -0.1) is 0 Å². The third-order valence-corrected chi connectivity index (χ3v) is 1.60. The molecule has 0 aliphatic carbocycles. The van der Waals surface area contributed by atoms with Gasteiger partial charge in [0.25, 0.3) is 0 Å². The molecule has 4 nitrogen and oxygen atoms in total. The van der Waals surface area contributed by atoms with Crippen LogP contribution in [0.1, 0.15) is 29.4 Å². The molecule has 0 atom stereocenters. The van der Waals surface area contributed by atoms with E-state index in [4.69, 9.17) is 4.74 Å². The molecule has 15 heavy (non-hydrogen) atoms. The van der Waals surface area contributed by atoms with E-state index in [1.54, 1.807) is 19.2 Å². The molecule has 0 spiro atoms. The summed E-state index contributed by atoms with van der Waals surface area (Å²) in [6.07, 6.45) is 2.38. The Balaban J connectivity index is 2.50. The molecule has 0 radical (unpaired) electrons. The molecule has 1 N–H and O–H groups in total. The van der Waals surface area contributed by atoms with E-state index in [0.717, 1.165) is 0 Å². The largest absolute Gasteiger partial charge is 0.465 e. The van der Waals surface area contributed by atoms with E-state index in [0.29, 0.717) is 24.2 Å². The summed E-state index contributed by atoms with van der Waals surface area (Å²) in [5.41, 5.74) is 1.15. The van der Waals surface area contributed by atoms with E-state index in [2.05, 4.69) is 16.8 Å². The molecule has 0 aromatic carbocycles. The van der Waals surface area contributed by atoms with Gasteiger partial charge in [-0.25, -0.2) is 0 Å². The molecule has 0 saturated heterocycles. The highest BCUT2D eigenvalue weighted by Gasteiger charge is 1.97. The average molecular weight is 205 g/mol. The molecule has 1 aromatic heterocycles. The second kappa shape index (κ2) is 5.66. The lowest BCUT2D eigenvalue weighted by molar-refractivity contribution is -0.141. The monoisotopic (exact) mass is 205 g/mol. The fourth-order valence-electron chi connectivity index (χ4n) is 0.983. The fraction of sp³-hybridized carbons (Fsp3) is 0.273. The molecule has 0 unspecified atom stereocenters. The topological polar surface area (TPSA) is 59.2 Å². The van der Waals surface area contributed by atoms with Gasteiger partial charge >= 0.3 is 5.97 Å². The lowest BCUT2D eigenvalue weighted by atomic mass is 10.3. The van der Waals surface area contributed by atoms with Gasteiger partial charge in [-0.05, 0) is 13.0 Å². The Kier molecular flexibility index (Phi) is 4.17. The Labute approximate surface area is 87.6 Å². The first-order chi connectivity index (χ1) is 7.26. The third kappa shape index (κ3) is 3.69. The van der Waals surface area contributed by atoms with Gasteiger partial charge in [0.15, 0.2) is 6.29 Å². The third-order valence-electron chi connectivity index (χ3n) is 1.60. The summed E-state index contributed by atoms with van der Waals surface area (Å²) in [6, 6.07) is 1.62. The van der Waals surface area contributed by atoms with Crippen molar-refractivity contribution in [2.24, 2.45) is 0 Å². The minimum atomic E-state index is -0.337. The summed E-state index contributed by atoms with van der Waals surface area (Å²) >= 11 is 0. The van der Waals surface area contributed by atoms with Gasteiger partial charge in [0.1, 0.15) is 6.42 Å². The Bertz CT molecular complexity index is 409. The first-order valence-electron chi connectivity index (χ1n) is 4.54. The van der Waals surface area contributed by atoms with Gasteiger partial charge in [-0.2, -0.15) is 0 Å². The maximum absolute atomic E-state index is 10.9. The van der Waals surface area contributed by atoms with Gasteiger partial charge in [0.05, 0.1) is 12.3 Å². The standard InChI is InChI=1S/C11H11NO3/c1-2-15-11(14)5-3-4-9-6-10(8-13)12-7-9/h6-8,12H,2,5H2,1H3. The lowest BCUT2D eigenvalue weighted by Crippen LogP contribution is -2.01. The van der Waals surface area contributed by atoms with E-state index >= 15 is 0 Å². The molecule has 0 fully saturated rings. The van der Waals surface area contributed by atoms with Gasteiger partial charge in [-0.1, -0.05) is 11.8 Å². The van der Waals surface area contributed by atoms with Crippen molar-refractivity contribution in [2.45, 2.75) is 13.3 Å². The van der Waals surface area contributed by atoms with Crippen molar-refractivity contribution < 1.29 is 14.3 Å². The number of H-pyrrole nitrogens is 1. The van der Waals surface area contributed by atoms with Gasteiger partial charge in [0.2, 0.25) is 0 Å². The van der Waals surface area contributed by atoms with E-state index in [9.17, 15) is 9.59 Å².